The number of carbonyl (C=O) groups is 1. The Balaban J connectivity index is 2.42. The van der Waals surface area contributed by atoms with Gasteiger partial charge >= 0.3 is 0 Å². The van der Waals surface area contributed by atoms with Crippen LogP contribution in [-0.4, -0.2) is 26.2 Å². The number of hydrogen-bond acceptors (Lipinski definition) is 6. The number of halogens is 1. The van der Waals surface area contributed by atoms with E-state index in [4.69, 9.17) is 11.6 Å². The predicted octanol–water partition coefficient (Wildman–Crippen LogP) is 2.81. The second-order valence-corrected chi connectivity index (χ2v) is 5.22. The summed E-state index contributed by atoms with van der Waals surface area (Å²) in [6, 6.07) is 0. The maximum Gasteiger partial charge on any atom is 0.194 e. The van der Waals surface area contributed by atoms with Crippen molar-refractivity contribution in [3.63, 3.8) is 0 Å². The van der Waals surface area contributed by atoms with E-state index in [1.807, 2.05) is 20.8 Å². The normalized spacial score (nSPS) is 10.5. The quantitative estimate of drug-likeness (QED) is 0.492. The van der Waals surface area contributed by atoms with Gasteiger partial charge in [0.05, 0.1) is 5.56 Å². The Labute approximate surface area is 119 Å². The van der Waals surface area contributed by atoms with Crippen molar-refractivity contribution < 1.29 is 4.79 Å². The van der Waals surface area contributed by atoms with E-state index in [9.17, 15) is 4.79 Å². The van der Waals surface area contributed by atoms with Gasteiger partial charge in [0, 0.05) is 11.4 Å². The second kappa shape index (κ2) is 5.63. The lowest BCUT2D eigenvalue weighted by molar-refractivity contribution is 0.112. The van der Waals surface area contributed by atoms with Gasteiger partial charge in [-0.25, -0.2) is 19.9 Å². The molecular weight excluding hydrogens is 284 g/mol. The van der Waals surface area contributed by atoms with E-state index >= 15 is 0 Å². The lowest BCUT2D eigenvalue weighted by Crippen LogP contribution is -2.00. The Bertz CT molecular complexity index is 625. The van der Waals surface area contributed by atoms with Crippen LogP contribution < -0.4 is 0 Å². The van der Waals surface area contributed by atoms with E-state index in [1.165, 1.54) is 18.1 Å². The van der Waals surface area contributed by atoms with Gasteiger partial charge < -0.3 is 0 Å². The van der Waals surface area contributed by atoms with Crippen LogP contribution in [0.15, 0.2) is 16.5 Å². The molecule has 5 nitrogen and oxygen atoms in total. The molecule has 2 heterocycles. The smallest absolute Gasteiger partial charge is 0.194 e. The van der Waals surface area contributed by atoms with E-state index in [2.05, 4.69) is 19.9 Å². The number of aromatic nitrogens is 4. The number of nitrogens with zero attached hydrogens (tertiary/aromatic N) is 4. The van der Waals surface area contributed by atoms with Gasteiger partial charge in [-0.05, 0) is 38.1 Å². The molecule has 0 amide bonds. The molecule has 2 aromatic rings. The van der Waals surface area contributed by atoms with Crippen molar-refractivity contribution in [2.45, 2.75) is 31.0 Å². The van der Waals surface area contributed by atoms with Crippen molar-refractivity contribution in [3.8, 4) is 0 Å². The summed E-state index contributed by atoms with van der Waals surface area (Å²) in [6.07, 6.45) is 1.95. The monoisotopic (exact) mass is 294 g/mol. The standard InChI is InChI=1S/C12H11ClN4OS/c1-6-7(2)16-12(17-8(6)3)19-11-9(4-18)10(13)14-5-15-11/h4-5H,1-3H3. The van der Waals surface area contributed by atoms with Crippen LogP contribution in [0.1, 0.15) is 27.3 Å². The Morgan fingerprint density at radius 3 is 2.37 bits per heavy atom. The summed E-state index contributed by atoms with van der Waals surface area (Å²) < 4.78 is 0. The minimum atomic E-state index is 0.132. The maximum atomic E-state index is 11.0. The summed E-state index contributed by atoms with van der Waals surface area (Å²) in [5.41, 5.74) is 3.12. The zero-order valence-electron chi connectivity index (χ0n) is 10.6. The van der Waals surface area contributed by atoms with Gasteiger partial charge in [0.25, 0.3) is 0 Å². The zero-order chi connectivity index (χ0) is 14.0. The van der Waals surface area contributed by atoms with Gasteiger partial charge in [-0.15, -0.1) is 0 Å². The van der Waals surface area contributed by atoms with Crippen LogP contribution >= 0.6 is 23.4 Å². The van der Waals surface area contributed by atoms with Gasteiger partial charge in [-0.3, -0.25) is 4.79 Å². The summed E-state index contributed by atoms with van der Waals surface area (Å²) in [6.45, 7) is 5.81. The fourth-order valence-electron chi connectivity index (χ4n) is 1.41. The average molecular weight is 295 g/mol. The fourth-order valence-corrected chi connectivity index (χ4v) is 2.54. The van der Waals surface area contributed by atoms with Gasteiger partial charge in [0.1, 0.15) is 16.5 Å². The van der Waals surface area contributed by atoms with Crippen LogP contribution in [0, 0.1) is 20.8 Å². The third-order valence-corrected chi connectivity index (χ3v) is 3.90. The van der Waals surface area contributed by atoms with Crippen LogP contribution in [0.5, 0.6) is 0 Å². The number of aryl methyl sites for hydroxylation is 2. The molecule has 7 heteroatoms. The number of aldehydes is 1. The van der Waals surface area contributed by atoms with Gasteiger partial charge in [0.2, 0.25) is 0 Å². The molecule has 98 valence electrons. The molecule has 0 unspecified atom stereocenters. The molecule has 0 N–H and O–H groups in total. The molecule has 0 aliphatic rings. The first-order chi connectivity index (χ1) is 9.02. The highest BCUT2D eigenvalue weighted by molar-refractivity contribution is 7.99. The molecule has 0 atom stereocenters. The first kappa shape index (κ1) is 13.9. The Morgan fingerprint density at radius 1 is 1.16 bits per heavy atom. The maximum absolute atomic E-state index is 11.0. The topological polar surface area (TPSA) is 68.6 Å². The first-order valence-electron chi connectivity index (χ1n) is 5.48. The average Bonchev–Trinajstić information content (AvgIpc) is 2.36. The van der Waals surface area contributed by atoms with Crippen LogP contribution in [0.4, 0.5) is 0 Å². The molecule has 2 rings (SSSR count). The Morgan fingerprint density at radius 2 is 1.79 bits per heavy atom. The highest BCUT2D eigenvalue weighted by Gasteiger charge is 2.13. The van der Waals surface area contributed by atoms with E-state index < -0.39 is 0 Å². The SMILES string of the molecule is Cc1nc(Sc2ncnc(Cl)c2C=O)nc(C)c1C. The lowest BCUT2D eigenvalue weighted by Gasteiger charge is -2.07. The highest BCUT2D eigenvalue weighted by atomic mass is 35.5. The second-order valence-electron chi connectivity index (χ2n) is 3.91. The van der Waals surface area contributed by atoms with E-state index in [0.29, 0.717) is 16.5 Å². The molecule has 0 aliphatic carbocycles. The van der Waals surface area contributed by atoms with Crippen LogP contribution in [0.25, 0.3) is 0 Å². The summed E-state index contributed by atoms with van der Waals surface area (Å²) >= 11 is 7.05. The first-order valence-corrected chi connectivity index (χ1v) is 6.67. The molecular formula is C12H11ClN4OS. The number of hydrogen-bond donors (Lipinski definition) is 0. The molecule has 19 heavy (non-hydrogen) atoms. The Hall–Kier alpha value is -1.53. The van der Waals surface area contributed by atoms with Crippen molar-refractivity contribution in [1.29, 1.82) is 0 Å². The molecule has 0 radical (unpaired) electrons. The van der Waals surface area contributed by atoms with Gasteiger partial charge in [-0.1, -0.05) is 11.6 Å². The molecule has 0 saturated heterocycles. The van der Waals surface area contributed by atoms with Crippen molar-refractivity contribution in [3.05, 3.63) is 34.0 Å². The van der Waals surface area contributed by atoms with Crippen molar-refractivity contribution in [2.75, 3.05) is 0 Å². The third kappa shape index (κ3) is 2.90. The summed E-state index contributed by atoms with van der Waals surface area (Å²) in [5.74, 6) is 0. The Kier molecular flexibility index (Phi) is 4.11. The zero-order valence-corrected chi connectivity index (χ0v) is 12.2. The minimum absolute atomic E-state index is 0.132. The molecule has 0 aliphatic heterocycles. The van der Waals surface area contributed by atoms with E-state index in [1.54, 1.807) is 0 Å². The van der Waals surface area contributed by atoms with Gasteiger partial charge in [0.15, 0.2) is 11.4 Å². The van der Waals surface area contributed by atoms with Crippen molar-refractivity contribution in [2.24, 2.45) is 0 Å². The van der Waals surface area contributed by atoms with Crippen LogP contribution in [0.3, 0.4) is 0 Å². The molecule has 2 aromatic heterocycles. The lowest BCUT2D eigenvalue weighted by atomic mass is 10.2. The molecule has 0 spiro atoms. The largest absolute Gasteiger partial charge is 0.298 e. The van der Waals surface area contributed by atoms with Gasteiger partial charge in [-0.2, -0.15) is 0 Å². The number of carbonyl (C=O) groups excluding carboxylic acids is 1. The summed E-state index contributed by atoms with van der Waals surface area (Å²) in [4.78, 5) is 27.6. The summed E-state index contributed by atoms with van der Waals surface area (Å²) in [7, 11) is 0. The molecule has 0 aromatic carbocycles. The minimum Gasteiger partial charge on any atom is -0.298 e. The fraction of sp³-hybridized carbons (Fsp3) is 0.250. The highest BCUT2D eigenvalue weighted by Crippen LogP contribution is 2.28. The van der Waals surface area contributed by atoms with E-state index in [-0.39, 0.29) is 10.7 Å². The van der Waals surface area contributed by atoms with Crippen molar-refractivity contribution >= 4 is 29.6 Å². The number of rotatable bonds is 3. The molecule has 0 fully saturated rings. The van der Waals surface area contributed by atoms with E-state index in [0.717, 1.165) is 17.0 Å². The molecule has 0 bridgehead atoms. The summed E-state index contributed by atoms with van der Waals surface area (Å²) in [5, 5.41) is 1.13. The molecule has 0 saturated carbocycles. The van der Waals surface area contributed by atoms with Crippen molar-refractivity contribution in [1.82, 2.24) is 19.9 Å². The third-order valence-electron chi connectivity index (χ3n) is 2.72. The van der Waals surface area contributed by atoms with Crippen LogP contribution in [-0.2, 0) is 0 Å². The van der Waals surface area contributed by atoms with Crippen LogP contribution in [0.2, 0.25) is 5.15 Å². The predicted molar refractivity (Wildman–Crippen MR) is 72.8 cm³/mol.